The van der Waals surface area contributed by atoms with Gasteiger partial charge in [0.25, 0.3) is 11.6 Å². The number of nitrogen functional groups attached to an aromatic ring is 1. The van der Waals surface area contributed by atoms with Crippen LogP contribution in [0.25, 0.3) is 0 Å². The highest BCUT2D eigenvalue weighted by Gasteiger charge is 2.24. The Hall–Kier alpha value is -1.84. The van der Waals surface area contributed by atoms with E-state index in [1.165, 1.54) is 5.56 Å². The van der Waals surface area contributed by atoms with Gasteiger partial charge in [-0.15, -0.1) is 0 Å². The molecular weight excluding hydrogens is 202 g/mol. The van der Waals surface area contributed by atoms with Gasteiger partial charge in [-0.3, -0.25) is 4.52 Å². The molecule has 0 spiro atoms. The first-order chi connectivity index (χ1) is 7.68. The molecule has 16 heavy (non-hydrogen) atoms. The van der Waals surface area contributed by atoms with Crippen LogP contribution in [0, 0.1) is 6.92 Å². The maximum atomic E-state index is 5.62. The molecule has 2 rings (SSSR count). The minimum Gasteiger partial charge on any atom is -0.362 e. The lowest BCUT2D eigenvalue weighted by Gasteiger charge is -2.02. The van der Waals surface area contributed by atoms with Crippen LogP contribution >= 0.6 is 0 Å². The summed E-state index contributed by atoms with van der Waals surface area (Å²) >= 11 is 0. The minimum absolute atomic E-state index is 0.239. The molecule has 1 aromatic heterocycles. The molecule has 0 aliphatic carbocycles. The van der Waals surface area contributed by atoms with Crippen LogP contribution in [0.1, 0.15) is 24.2 Å². The number of hydrogen-bond donors (Lipinski definition) is 1. The monoisotopic (exact) mass is 218 g/mol. The fourth-order valence-corrected chi connectivity index (χ4v) is 1.78. The molecule has 1 aromatic carbocycles. The van der Waals surface area contributed by atoms with E-state index in [1.807, 2.05) is 29.8 Å². The van der Waals surface area contributed by atoms with Gasteiger partial charge >= 0.3 is 0 Å². The molecule has 2 N–H and O–H groups in total. The van der Waals surface area contributed by atoms with Crippen molar-refractivity contribution in [2.45, 2.75) is 26.3 Å². The van der Waals surface area contributed by atoms with Crippen LogP contribution in [0.2, 0.25) is 0 Å². The van der Waals surface area contributed by atoms with Gasteiger partial charge in [-0.25, -0.2) is 0 Å². The van der Waals surface area contributed by atoms with Crippen LogP contribution in [0.15, 0.2) is 34.9 Å². The van der Waals surface area contributed by atoms with Gasteiger partial charge in [0.2, 0.25) is 5.27 Å². The molecule has 1 atom stereocenters. The lowest BCUT2D eigenvalue weighted by atomic mass is 10.1. The molecule has 1 heterocycles. The molecule has 4 heteroatoms. The third kappa shape index (κ3) is 2.05. The van der Waals surface area contributed by atoms with Gasteiger partial charge in [0.15, 0.2) is 6.04 Å². The van der Waals surface area contributed by atoms with Gasteiger partial charge in [0.05, 0.1) is 0 Å². The third-order valence-electron chi connectivity index (χ3n) is 2.72. The van der Waals surface area contributed by atoms with Gasteiger partial charge in [-0.1, -0.05) is 30.3 Å². The van der Waals surface area contributed by atoms with Gasteiger partial charge in [-0.05, 0) is 10.2 Å². The van der Waals surface area contributed by atoms with Crippen molar-refractivity contribution in [2.75, 3.05) is 5.73 Å². The Balaban J connectivity index is 2.15. The maximum absolute atomic E-state index is 5.62. The second-order valence-electron chi connectivity index (χ2n) is 4.01. The van der Waals surface area contributed by atoms with E-state index in [9.17, 15) is 0 Å². The lowest BCUT2D eigenvalue weighted by Crippen LogP contribution is -2.43. The molecule has 0 aliphatic rings. The summed E-state index contributed by atoms with van der Waals surface area (Å²) in [6, 6.07) is 10.5. The highest BCUT2D eigenvalue weighted by Crippen LogP contribution is 2.11. The number of anilines is 1. The normalized spacial score (nSPS) is 12.6. The van der Waals surface area contributed by atoms with E-state index < -0.39 is 0 Å². The van der Waals surface area contributed by atoms with E-state index in [-0.39, 0.29) is 6.04 Å². The molecule has 0 bridgehead atoms. The largest absolute Gasteiger partial charge is 0.362 e. The molecule has 0 aliphatic heterocycles. The SMILES string of the molecule is Cc1c(N)on[n+]1C(C)Cc1ccccc1. The van der Waals surface area contributed by atoms with Crippen molar-refractivity contribution >= 4 is 5.88 Å². The zero-order valence-corrected chi connectivity index (χ0v) is 9.55. The number of hydrogen-bond acceptors (Lipinski definition) is 3. The maximum Gasteiger partial charge on any atom is 0.296 e. The number of rotatable bonds is 3. The topological polar surface area (TPSA) is 55.9 Å². The fraction of sp³-hybridized carbons (Fsp3) is 0.333. The Morgan fingerprint density at radius 3 is 2.62 bits per heavy atom. The van der Waals surface area contributed by atoms with Crippen LogP contribution in [0.4, 0.5) is 5.88 Å². The average Bonchev–Trinajstić information content (AvgIpc) is 2.61. The molecule has 2 aromatic rings. The van der Waals surface area contributed by atoms with E-state index in [1.54, 1.807) is 0 Å². The Kier molecular flexibility index (Phi) is 2.90. The van der Waals surface area contributed by atoms with Crippen molar-refractivity contribution in [2.24, 2.45) is 0 Å². The Morgan fingerprint density at radius 1 is 1.38 bits per heavy atom. The first-order valence-electron chi connectivity index (χ1n) is 5.36. The summed E-state index contributed by atoms with van der Waals surface area (Å²) in [7, 11) is 0. The van der Waals surface area contributed by atoms with Crippen molar-refractivity contribution in [1.82, 2.24) is 5.27 Å². The number of benzene rings is 1. The molecule has 0 saturated heterocycles. The number of aromatic nitrogens is 2. The molecule has 0 radical (unpaired) electrons. The van der Waals surface area contributed by atoms with Crippen LogP contribution in [-0.2, 0) is 6.42 Å². The first-order valence-corrected chi connectivity index (χ1v) is 5.36. The van der Waals surface area contributed by atoms with E-state index in [0.717, 1.165) is 12.1 Å². The fourth-order valence-electron chi connectivity index (χ4n) is 1.78. The van der Waals surface area contributed by atoms with Crippen molar-refractivity contribution in [3.05, 3.63) is 41.6 Å². The molecule has 0 fully saturated rings. The Labute approximate surface area is 94.7 Å². The molecular formula is C12H16N3O+. The average molecular weight is 218 g/mol. The molecule has 4 nitrogen and oxygen atoms in total. The van der Waals surface area contributed by atoms with E-state index in [2.05, 4.69) is 24.3 Å². The van der Waals surface area contributed by atoms with Crippen molar-refractivity contribution in [1.29, 1.82) is 0 Å². The van der Waals surface area contributed by atoms with Gasteiger partial charge < -0.3 is 5.73 Å². The Bertz CT molecular complexity index is 464. The predicted molar refractivity (Wildman–Crippen MR) is 60.7 cm³/mol. The standard InChI is InChI=1S/C12H16N3O/c1-9(8-11-6-4-3-5-7-11)15-10(2)12(13)16-14-15/h3-7,9H,8,13H2,1-2H3/q+1. The number of nitrogens with two attached hydrogens (primary N) is 1. The zero-order chi connectivity index (χ0) is 11.5. The van der Waals surface area contributed by atoms with Crippen molar-refractivity contribution < 1.29 is 9.20 Å². The summed E-state index contributed by atoms with van der Waals surface area (Å²) in [6.45, 7) is 4.01. The second kappa shape index (κ2) is 4.35. The van der Waals surface area contributed by atoms with Crippen LogP contribution in [0.3, 0.4) is 0 Å². The summed E-state index contributed by atoms with van der Waals surface area (Å²) in [5.41, 5.74) is 7.78. The first kappa shape index (κ1) is 10.7. The van der Waals surface area contributed by atoms with E-state index in [4.69, 9.17) is 10.3 Å². The lowest BCUT2D eigenvalue weighted by molar-refractivity contribution is -0.786. The number of nitrogens with zero attached hydrogens (tertiary/aromatic N) is 2. The van der Waals surface area contributed by atoms with E-state index >= 15 is 0 Å². The highest BCUT2D eigenvalue weighted by molar-refractivity contribution is 5.23. The second-order valence-corrected chi connectivity index (χ2v) is 4.01. The molecule has 0 saturated carbocycles. The summed E-state index contributed by atoms with van der Waals surface area (Å²) in [5, 5.41) is 3.93. The van der Waals surface area contributed by atoms with E-state index in [0.29, 0.717) is 5.88 Å². The van der Waals surface area contributed by atoms with Crippen LogP contribution < -0.4 is 10.4 Å². The quantitative estimate of drug-likeness (QED) is 0.797. The van der Waals surface area contributed by atoms with Crippen LogP contribution in [0.5, 0.6) is 0 Å². The Morgan fingerprint density at radius 2 is 2.06 bits per heavy atom. The smallest absolute Gasteiger partial charge is 0.296 e. The molecule has 84 valence electrons. The van der Waals surface area contributed by atoms with Gasteiger partial charge in [-0.2, -0.15) is 0 Å². The van der Waals surface area contributed by atoms with Crippen molar-refractivity contribution in [3.63, 3.8) is 0 Å². The summed E-state index contributed by atoms with van der Waals surface area (Å²) in [6.07, 6.45) is 0.915. The summed E-state index contributed by atoms with van der Waals surface area (Å²) in [4.78, 5) is 0. The third-order valence-corrected chi connectivity index (χ3v) is 2.72. The zero-order valence-electron chi connectivity index (χ0n) is 9.55. The predicted octanol–water partition coefficient (Wildman–Crippen LogP) is 1.66. The van der Waals surface area contributed by atoms with Gasteiger partial charge in [0, 0.05) is 20.3 Å². The van der Waals surface area contributed by atoms with Crippen molar-refractivity contribution in [3.8, 4) is 0 Å². The minimum atomic E-state index is 0.239. The van der Waals surface area contributed by atoms with Crippen LogP contribution in [-0.4, -0.2) is 5.27 Å². The summed E-state index contributed by atoms with van der Waals surface area (Å²) < 4.78 is 6.77. The highest BCUT2D eigenvalue weighted by atomic mass is 16.5. The molecule has 0 amide bonds. The van der Waals surface area contributed by atoms with Gasteiger partial charge in [0.1, 0.15) is 0 Å². The summed E-state index contributed by atoms with van der Waals surface area (Å²) in [5.74, 6) is 0.389. The molecule has 1 unspecified atom stereocenters.